The number of nitrogens with zero attached hydrogens (tertiary/aromatic N) is 2. The number of benzene rings is 2. The molecule has 0 unspecified atom stereocenters. The number of anilines is 2. The molecule has 0 saturated heterocycles. The highest BCUT2D eigenvalue weighted by molar-refractivity contribution is 5.94. The summed E-state index contributed by atoms with van der Waals surface area (Å²) in [7, 11) is 0. The number of nitriles is 1. The number of hydrogen-bond donors (Lipinski definition) is 2. The number of fused-ring (bicyclic) bond motifs is 1. The molecule has 0 aliphatic heterocycles. The van der Waals surface area contributed by atoms with Crippen molar-refractivity contribution in [3.05, 3.63) is 83.3 Å². The Morgan fingerprint density at radius 2 is 1.84 bits per heavy atom. The van der Waals surface area contributed by atoms with E-state index >= 15 is 0 Å². The third-order valence-corrected chi connectivity index (χ3v) is 5.26. The van der Waals surface area contributed by atoms with Crippen molar-refractivity contribution in [3.8, 4) is 22.9 Å². The van der Waals surface area contributed by atoms with Gasteiger partial charge < -0.3 is 15.8 Å². The summed E-state index contributed by atoms with van der Waals surface area (Å²) < 4.78 is 21.5. The molecule has 1 amide bonds. The predicted octanol–water partition coefficient (Wildman–Crippen LogP) is 4.84. The molecule has 160 valence electrons. The van der Waals surface area contributed by atoms with Gasteiger partial charge >= 0.3 is 0 Å². The van der Waals surface area contributed by atoms with Crippen molar-refractivity contribution >= 4 is 22.9 Å². The molecule has 4 aromatic rings. The normalized spacial score (nSPS) is 10.7. The Balaban J connectivity index is 2.02. The summed E-state index contributed by atoms with van der Waals surface area (Å²) in [4.78, 5) is 11.3. The standard InChI is InChI=1S/C25H21FN4O2/c1-15-6-5-7-16(2)24(15)29-25-23(18-8-3-4-9-21(18)32-14-22(28)31)19(12-27)20-11-10-17(26)13-30(20)25/h3-11,13,29H,14H2,1-2H3,(H2,28,31). The predicted molar refractivity (Wildman–Crippen MR) is 121 cm³/mol. The number of para-hydroxylation sites is 2. The number of ether oxygens (including phenoxy) is 1. The minimum Gasteiger partial charge on any atom is -0.483 e. The van der Waals surface area contributed by atoms with Crippen LogP contribution in [0.2, 0.25) is 0 Å². The second kappa shape index (κ2) is 8.44. The summed E-state index contributed by atoms with van der Waals surface area (Å²) in [5.41, 5.74) is 10.1. The lowest BCUT2D eigenvalue weighted by Crippen LogP contribution is -2.20. The van der Waals surface area contributed by atoms with Crippen LogP contribution in [0.15, 0.2) is 60.8 Å². The summed E-state index contributed by atoms with van der Waals surface area (Å²) in [6.07, 6.45) is 1.34. The number of primary amides is 1. The van der Waals surface area contributed by atoms with Gasteiger partial charge in [-0.3, -0.25) is 9.20 Å². The molecule has 2 aromatic carbocycles. The number of aromatic nitrogens is 1. The van der Waals surface area contributed by atoms with Crippen LogP contribution in [0.25, 0.3) is 16.6 Å². The fourth-order valence-electron chi connectivity index (χ4n) is 3.81. The number of carbonyl (C=O) groups is 1. The highest BCUT2D eigenvalue weighted by atomic mass is 19.1. The van der Waals surface area contributed by atoms with Gasteiger partial charge in [0.05, 0.1) is 11.1 Å². The SMILES string of the molecule is Cc1cccc(C)c1Nc1c(-c2ccccc2OCC(N)=O)c(C#N)c2ccc(F)cn12. The highest BCUT2D eigenvalue weighted by Gasteiger charge is 2.24. The Hall–Kier alpha value is -4.31. The van der Waals surface area contributed by atoms with Crippen LogP contribution in [0.3, 0.4) is 0 Å². The molecule has 0 fully saturated rings. The number of pyridine rings is 1. The molecule has 2 heterocycles. The van der Waals surface area contributed by atoms with Gasteiger partial charge in [0.15, 0.2) is 6.61 Å². The quantitative estimate of drug-likeness (QED) is 0.460. The van der Waals surface area contributed by atoms with Gasteiger partial charge in [-0.1, -0.05) is 36.4 Å². The summed E-state index contributed by atoms with van der Waals surface area (Å²) >= 11 is 0. The molecule has 4 rings (SSSR count). The molecule has 0 spiro atoms. The fourth-order valence-corrected chi connectivity index (χ4v) is 3.81. The molecule has 32 heavy (non-hydrogen) atoms. The largest absolute Gasteiger partial charge is 0.483 e. The minimum absolute atomic E-state index is 0.305. The van der Waals surface area contributed by atoms with E-state index in [1.165, 1.54) is 12.3 Å². The van der Waals surface area contributed by atoms with E-state index in [2.05, 4.69) is 11.4 Å². The number of carbonyl (C=O) groups excluding carboxylic acids is 1. The maximum absolute atomic E-state index is 14.2. The lowest BCUT2D eigenvalue weighted by molar-refractivity contribution is -0.119. The van der Waals surface area contributed by atoms with Gasteiger partial charge in [-0.2, -0.15) is 5.26 Å². The van der Waals surface area contributed by atoms with Crippen LogP contribution >= 0.6 is 0 Å². The minimum atomic E-state index is -0.613. The Morgan fingerprint density at radius 3 is 2.53 bits per heavy atom. The average molecular weight is 428 g/mol. The summed E-state index contributed by atoms with van der Waals surface area (Å²) in [6, 6.07) is 18.1. The van der Waals surface area contributed by atoms with Crippen LogP contribution in [0.5, 0.6) is 5.75 Å². The molecule has 0 aliphatic carbocycles. The molecule has 0 saturated carbocycles. The van der Waals surface area contributed by atoms with Crippen LogP contribution in [-0.4, -0.2) is 16.9 Å². The first-order valence-corrected chi connectivity index (χ1v) is 9.98. The number of nitrogens with one attached hydrogen (secondary N) is 1. The van der Waals surface area contributed by atoms with Crippen LogP contribution in [0, 0.1) is 31.0 Å². The van der Waals surface area contributed by atoms with Crippen molar-refractivity contribution in [2.24, 2.45) is 5.73 Å². The zero-order valence-electron chi connectivity index (χ0n) is 17.6. The smallest absolute Gasteiger partial charge is 0.255 e. The van der Waals surface area contributed by atoms with Crippen LogP contribution in [0.4, 0.5) is 15.9 Å². The molecular weight excluding hydrogens is 407 g/mol. The Bertz CT molecular complexity index is 1360. The Morgan fingerprint density at radius 1 is 1.12 bits per heavy atom. The lowest BCUT2D eigenvalue weighted by Gasteiger charge is -2.16. The molecule has 0 atom stereocenters. The van der Waals surface area contributed by atoms with Gasteiger partial charge in [-0.25, -0.2) is 4.39 Å². The van der Waals surface area contributed by atoms with Gasteiger partial charge in [0.1, 0.15) is 23.5 Å². The third-order valence-electron chi connectivity index (χ3n) is 5.26. The van der Waals surface area contributed by atoms with Crippen molar-refractivity contribution in [1.29, 1.82) is 5.26 Å². The van der Waals surface area contributed by atoms with E-state index in [1.807, 2.05) is 32.0 Å². The Labute approximate surface area is 184 Å². The second-order valence-corrected chi connectivity index (χ2v) is 7.46. The van der Waals surface area contributed by atoms with Gasteiger partial charge in [0.25, 0.3) is 5.91 Å². The second-order valence-electron chi connectivity index (χ2n) is 7.46. The van der Waals surface area contributed by atoms with Crippen LogP contribution < -0.4 is 15.8 Å². The van der Waals surface area contributed by atoms with E-state index in [0.717, 1.165) is 16.8 Å². The third kappa shape index (κ3) is 3.74. The van der Waals surface area contributed by atoms with E-state index in [4.69, 9.17) is 10.5 Å². The van der Waals surface area contributed by atoms with Gasteiger partial charge in [0, 0.05) is 23.0 Å². The monoisotopic (exact) mass is 428 g/mol. The molecule has 7 heteroatoms. The molecule has 0 bridgehead atoms. The summed E-state index contributed by atoms with van der Waals surface area (Å²) in [5.74, 6) is -0.142. The first-order chi connectivity index (χ1) is 15.4. The number of amides is 1. The number of rotatable bonds is 6. The van der Waals surface area contributed by atoms with Crippen LogP contribution in [0.1, 0.15) is 16.7 Å². The molecule has 0 radical (unpaired) electrons. The Kier molecular flexibility index (Phi) is 5.52. The fraction of sp³-hybridized carbons (Fsp3) is 0.120. The first-order valence-electron chi connectivity index (χ1n) is 9.98. The van der Waals surface area contributed by atoms with Crippen molar-refractivity contribution in [3.63, 3.8) is 0 Å². The topological polar surface area (TPSA) is 92.5 Å². The van der Waals surface area contributed by atoms with Crippen molar-refractivity contribution in [1.82, 2.24) is 4.40 Å². The summed E-state index contributed by atoms with van der Waals surface area (Å²) in [6.45, 7) is 3.64. The van der Waals surface area contributed by atoms with Crippen LogP contribution in [-0.2, 0) is 4.79 Å². The number of aryl methyl sites for hydroxylation is 2. The van der Waals surface area contributed by atoms with E-state index in [-0.39, 0.29) is 6.61 Å². The van der Waals surface area contributed by atoms with Gasteiger partial charge in [0.2, 0.25) is 0 Å². The lowest BCUT2D eigenvalue weighted by atomic mass is 10.0. The van der Waals surface area contributed by atoms with E-state index < -0.39 is 11.7 Å². The number of nitrogens with two attached hydrogens (primary N) is 1. The summed E-state index contributed by atoms with van der Waals surface area (Å²) in [5, 5.41) is 13.5. The van der Waals surface area contributed by atoms with E-state index in [0.29, 0.717) is 33.8 Å². The zero-order valence-corrected chi connectivity index (χ0v) is 17.6. The molecule has 0 aliphatic rings. The first kappa shape index (κ1) is 20.9. The maximum atomic E-state index is 14.2. The van der Waals surface area contributed by atoms with Crippen molar-refractivity contribution in [2.75, 3.05) is 11.9 Å². The number of hydrogen-bond acceptors (Lipinski definition) is 4. The maximum Gasteiger partial charge on any atom is 0.255 e. The van der Waals surface area contributed by atoms with E-state index in [1.54, 1.807) is 34.7 Å². The van der Waals surface area contributed by atoms with Gasteiger partial charge in [-0.05, 0) is 43.2 Å². The zero-order chi connectivity index (χ0) is 22.8. The molecular formula is C25H21FN4O2. The molecule has 3 N–H and O–H groups in total. The van der Waals surface area contributed by atoms with Crippen molar-refractivity contribution < 1.29 is 13.9 Å². The number of halogens is 1. The van der Waals surface area contributed by atoms with Crippen molar-refractivity contribution in [2.45, 2.75) is 13.8 Å². The molecule has 6 nitrogen and oxygen atoms in total. The average Bonchev–Trinajstić information content (AvgIpc) is 3.07. The van der Waals surface area contributed by atoms with Gasteiger partial charge in [-0.15, -0.1) is 0 Å². The molecule has 2 aromatic heterocycles. The van der Waals surface area contributed by atoms with E-state index in [9.17, 15) is 14.4 Å². The highest BCUT2D eigenvalue weighted by Crippen LogP contribution is 2.42.